The van der Waals surface area contributed by atoms with Gasteiger partial charge in [0.2, 0.25) is 5.91 Å². The number of fused-ring (bicyclic) bond motifs is 1. The number of benzene rings is 1. The molecule has 6 heteroatoms. The highest BCUT2D eigenvalue weighted by atomic mass is 32.1. The largest absolute Gasteiger partial charge is 0.482 e. The Morgan fingerprint density at radius 3 is 2.88 bits per heavy atom. The molecule has 0 saturated carbocycles. The number of para-hydroxylation sites is 2. The molecule has 1 N–H and O–H groups in total. The summed E-state index contributed by atoms with van der Waals surface area (Å²) in [6.45, 7) is 4.46. The van der Waals surface area contributed by atoms with E-state index in [1.54, 1.807) is 16.2 Å². The van der Waals surface area contributed by atoms with Gasteiger partial charge >= 0.3 is 0 Å². The number of nitrogens with one attached hydrogen (secondary N) is 1. The summed E-state index contributed by atoms with van der Waals surface area (Å²) in [5, 5.41) is 3.01. The van der Waals surface area contributed by atoms with Gasteiger partial charge in [0.05, 0.1) is 5.69 Å². The molecular formula is C19H22N2O3S. The van der Waals surface area contributed by atoms with Gasteiger partial charge in [-0.2, -0.15) is 0 Å². The first-order valence-electron chi connectivity index (χ1n) is 8.40. The van der Waals surface area contributed by atoms with Gasteiger partial charge in [0.1, 0.15) is 5.75 Å². The van der Waals surface area contributed by atoms with Crippen molar-refractivity contribution in [3.05, 3.63) is 46.2 Å². The molecule has 1 atom stereocenters. The van der Waals surface area contributed by atoms with E-state index in [1.807, 2.05) is 31.2 Å². The van der Waals surface area contributed by atoms with E-state index in [4.69, 9.17) is 4.74 Å². The number of amides is 2. The lowest BCUT2D eigenvalue weighted by Gasteiger charge is -2.29. The molecule has 2 aromatic rings. The molecule has 1 aromatic heterocycles. The van der Waals surface area contributed by atoms with Gasteiger partial charge in [0.25, 0.3) is 5.91 Å². The Morgan fingerprint density at radius 2 is 2.12 bits per heavy atom. The summed E-state index contributed by atoms with van der Waals surface area (Å²) in [5.41, 5.74) is 0.730. The molecule has 0 aliphatic carbocycles. The second-order valence-corrected chi connectivity index (χ2v) is 7.61. The molecule has 2 amide bonds. The fourth-order valence-electron chi connectivity index (χ4n) is 2.91. The topological polar surface area (TPSA) is 58.6 Å². The molecule has 0 radical (unpaired) electrons. The SMILES string of the molecule is Cc1ccc(CC(C)NC(=O)CCN2C(=O)COc3ccccc32)s1. The van der Waals surface area contributed by atoms with E-state index in [0.717, 1.165) is 12.1 Å². The number of rotatable bonds is 6. The van der Waals surface area contributed by atoms with Crippen LogP contribution in [-0.4, -0.2) is 31.0 Å². The lowest BCUT2D eigenvalue weighted by Crippen LogP contribution is -2.42. The van der Waals surface area contributed by atoms with Crippen LogP contribution in [0.4, 0.5) is 5.69 Å². The summed E-state index contributed by atoms with van der Waals surface area (Å²) in [7, 11) is 0. The third-order valence-electron chi connectivity index (χ3n) is 4.08. The molecule has 0 spiro atoms. The van der Waals surface area contributed by atoms with Crippen molar-refractivity contribution >= 4 is 28.8 Å². The number of ether oxygens (including phenoxy) is 1. The zero-order chi connectivity index (χ0) is 17.8. The van der Waals surface area contributed by atoms with Crippen molar-refractivity contribution in [3.63, 3.8) is 0 Å². The van der Waals surface area contributed by atoms with Gasteiger partial charge in [-0.05, 0) is 38.1 Å². The first-order chi connectivity index (χ1) is 12.0. The molecule has 5 nitrogen and oxygen atoms in total. The van der Waals surface area contributed by atoms with E-state index < -0.39 is 0 Å². The fourth-order valence-corrected chi connectivity index (χ4v) is 3.93. The molecule has 2 heterocycles. The second-order valence-electron chi connectivity index (χ2n) is 6.24. The minimum Gasteiger partial charge on any atom is -0.482 e. The van der Waals surface area contributed by atoms with Crippen molar-refractivity contribution in [1.29, 1.82) is 0 Å². The molecule has 1 unspecified atom stereocenters. The Balaban J connectivity index is 1.53. The number of hydrogen-bond donors (Lipinski definition) is 1. The fraction of sp³-hybridized carbons (Fsp3) is 0.368. The number of nitrogens with zero attached hydrogens (tertiary/aromatic N) is 1. The first-order valence-corrected chi connectivity index (χ1v) is 9.21. The molecule has 1 aromatic carbocycles. The smallest absolute Gasteiger partial charge is 0.265 e. The Bertz CT molecular complexity index is 772. The van der Waals surface area contributed by atoms with Gasteiger partial charge in [-0.3, -0.25) is 9.59 Å². The van der Waals surface area contributed by atoms with E-state index >= 15 is 0 Å². The molecule has 3 rings (SSSR count). The Hall–Kier alpha value is -2.34. The van der Waals surface area contributed by atoms with Gasteiger partial charge in [0, 0.05) is 35.2 Å². The number of carbonyl (C=O) groups excluding carboxylic acids is 2. The van der Waals surface area contributed by atoms with Gasteiger partial charge in [-0.15, -0.1) is 11.3 Å². The van der Waals surface area contributed by atoms with Crippen molar-refractivity contribution in [2.45, 2.75) is 32.7 Å². The predicted octanol–water partition coefficient (Wildman–Crippen LogP) is 2.92. The highest BCUT2D eigenvalue weighted by Crippen LogP contribution is 2.31. The average molecular weight is 358 g/mol. The van der Waals surface area contributed by atoms with E-state index in [-0.39, 0.29) is 30.9 Å². The zero-order valence-electron chi connectivity index (χ0n) is 14.5. The first kappa shape index (κ1) is 17.5. The third kappa shape index (κ3) is 4.39. The van der Waals surface area contributed by atoms with Crippen molar-refractivity contribution in [2.24, 2.45) is 0 Å². The minimum absolute atomic E-state index is 0.0206. The van der Waals surface area contributed by atoms with E-state index in [9.17, 15) is 9.59 Å². The minimum atomic E-state index is -0.117. The van der Waals surface area contributed by atoms with Crippen LogP contribution in [0, 0.1) is 6.92 Å². The molecule has 1 aliphatic rings. The standard InChI is InChI=1S/C19H22N2O3S/c1-13(11-15-8-7-14(2)25-15)20-18(22)9-10-21-16-5-3-4-6-17(16)24-12-19(21)23/h3-8,13H,9-12H2,1-2H3,(H,20,22). The highest BCUT2D eigenvalue weighted by Gasteiger charge is 2.25. The molecule has 1 aliphatic heterocycles. The van der Waals surface area contributed by atoms with Crippen LogP contribution in [-0.2, 0) is 16.0 Å². The Kier molecular flexibility index (Phi) is 5.38. The van der Waals surface area contributed by atoms with Crippen LogP contribution in [0.2, 0.25) is 0 Å². The predicted molar refractivity (Wildman–Crippen MR) is 99.3 cm³/mol. The van der Waals surface area contributed by atoms with Crippen molar-refractivity contribution in [3.8, 4) is 5.75 Å². The maximum Gasteiger partial charge on any atom is 0.265 e. The van der Waals surface area contributed by atoms with Crippen LogP contribution in [0.1, 0.15) is 23.1 Å². The molecule has 0 saturated heterocycles. The van der Waals surface area contributed by atoms with Crippen LogP contribution in [0.15, 0.2) is 36.4 Å². The quantitative estimate of drug-likeness (QED) is 0.864. The van der Waals surface area contributed by atoms with Crippen LogP contribution >= 0.6 is 11.3 Å². The van der Waals surface area contributed by atoms with Gasteiger partial charge in [-0.1, -0.05) is 12.1 Å². The third-order valence-corrected chi connectivity index (χ3v) is 5.10. The number of carbonyl (C=O) groups is 2. The molecular weight excluding hydrogens is 336 g/mol. The van der Waals surface area contributed by atoms with E-state index in [1.165, 1.54) is 9.75 Å². The zero-order valence-corrected chi connectivity index (χ0v) is 15.3. The summed E-state index contributed by atoms with van der Waals surface area (Å²) in [5.74, 6) is 0.523. The monoisotopic (exact) mass is 358 g/mol. The van der Waals surface area contributed by atoms with Crippen LogP contribution in [0.5, 0.6) is 5.75 Å². The second kappa shape index (κ2) is 7.70. The summed E-state index contributed by atoms with van der Waals surface area (Å²) in [6, 6.07) is 11.7. The van der Waals surface area contributed by atoms with Crippen molar-refractivity contribution in [1.82, 2.24) is 5.32 Å². The molecule has 0 fully saturated rings. The van der Waals surface area contributed by atoms with E-state index in [0.29, 0.717) is 12.3 Å². The van der Waals surface area contributed by atoms with Crippen molar-refractivity contribution < 1.29 is 14.3 Å². The molecule has 132 valence electrons. The van der Waals surface area contributed by atoms with Crippen molar-refractivity contribution in [2.75, 3.05) is 18.1 Å². The number of hydrogen-bond acceptors (Lipinski definition) is 4. The number of aryl methyl sites for hydroxylation is 1. The Morgan fingerprint density at radius 1 is 1.32 bits per heavy atom. The Labute approximate surface area is 151 Å². The maximum atomic E-state index is 12.2. The van der Waals surface area contributed by atoms with Crippen LogP contribution in [0.25, 0.3) is 0 Å². The summed E-state index contributed by atoms with van der Waals surface area (Å²) in [4.78, 5) is 28.5. The van der Waals surface area contributed by atoms with Crippen LogP contribution < -0.4 is 15.0 Å². The molecule has 0 bridgehead atoms. The average Bonchev–Trinajstić information content (AvgIpc) is 2.98. The highest BCUT2D eigenvalue weighted by molar-refractivity contribution is 7.11. The number of thiophene rings is 1. The van der Waals surface area contributed by atoms with Gasteiger partial charge < -0.3 is 15.0 Å². The number of anilines is 1. The summed E-state index contributed by atoms with van der Waals surface area (Å²) in [6.07, 6.45) is 1.09. The normalized spacial score (nSPS) is 14.6. The molecule has 25 heavy (non-hydrogen) atoms. The summed E-state index contributed by atoms with van der Waals surface area (Å²) < 4.78 is 5.42. The maximum absolute atomic E-state index is 12.2. The van der Waals surface area contributed by atoms with Gasteiger partial charge in [0.15, 0.2) is 6.61 Å². The van der Waals surface area contributed by atoms with Gasteiger partial charge in [-0.25, -0.2) is 0 Å². The van der Waals surface area contributed by atoms with Crippen LogP contribution in [0.3, 0.4) is 0 Å². The lowest BCUT2D eigenvalue weighted by atomic mass is 10.2. The summed E-state index contributed by atoms with van der Waals surface area (Å²) >= 11 is 1.75. The lowest BCUT2D eigenvalue weighted by molar-refractivity contribution is -0.122. The van der Waals surface area contributed by atoms with E-state index in [2.05, 4.69) is 24.4 Å².